The highest BCUT2D eigenvalue weighted by molar-refractivity contribution is 6.35. The number of amides is 1. The molecule has 0 saturated heterocycles. The van der Waals surface area contributed by atoms with Gasteiger partial charge in [-0.05, 0) is 6.92 Å². The highest BCUT2D eigenvalue weighted by atomic mass is 35.5. The molecule has 16 heavy (non-hydrogen) atoms. The third kappa shape index (κ3) is 2.82. The number of carbonyl (C=O) groups is 2. The van der Waals surface area contributed by atoms with Gasteiger partial charge in [-0.25, -0.2) is 0 Å². The topological polar surface area (TPSA) is 55.2 Å². The van der Waals surface area contributed by atoms with Crippen LogP contribution in [0.25, 0.3) is 0 Å². The molecule has 0 N–H and O–H groups in total. The van der Waals surface area contributed by atoms with E-state index in [1.54, 1.807) is 17.9 Å². The molecule has 0 radical (unpaired) electrons. The molecule has 0 bridgehead atoms. The zero-order chi connectivity index (χ0) is 12.3. The Labute approximate surface area is 99.0 Å². The summed E-state index contributed by atoms with van der Waals surface area (Å²) < 4.78 is 1.68. The summed E-state index contributed by atoms with van der Waals surface area (Å²) in [5.74, 6) is -1.03. The van der Waals surface area contributed by atoms with Gasteiger partial charge in [-0.3, -0.25) is 14.3 Å². The van der Waals surface area contributed by atoms with Gasteiger partial charge < -0.3 is 4.90 Å². The van der Waals surface area contributed by atoms with E-state index in [1.165, 1.54) is 11.8 Å². The molecule has 1 amide bonds. The molecule has 5 nitrogen and oxygen atoms in total. The minimum absolute atomic E-state index is 0.240. The van der Waals surface area contributed by atoms with Crippen molar-refractivity contribution in [2.75, 3.05) is 7.05 Å². The summed E-state index contributed by atoms with van der Waals surface area (Å²) in [5, 5.41) is 4.69. The van der Waals surface area contributed by atoms with Crippen LogP contribution in [0.1, 0.15) is 19.5 Å². The predicted molar refractivity (Wildman–Crippen MR) is 60.1 cm³/mol. The first-order chi connectivity index (χ1) is 7.45. The van der Waals surface area contributed by atoms with Gasteiger partial charge in [0.25, 0.3) is 5.91 Å². The van der Waals surface area contributed by atoms with Crippen molar-refractivity contribution in [1.29, 1.82) is 0 Å². The number of likely N-dealkylation sites (N-methyl/N-ethyl adjacent to an activating group) is 1. The average molecular weight is 244 g/mol. The molecule has 0 saturated carbocycles. The predicted octanol–water partition coefficient (Wildman–Crippen LogP) is 1.10. The van der Waals surface area contributed by atoms with E-state index in [2.05, 4.69) is 5.10 Å². The van der Waals surface area contributed by atoms with Gasteiger partial charge in [0, 0.05) is 26.7 Å². The highest BCUT2D eigenvalue weighted by Gasteiger charge is 2.16. The Morgan fingerprint density at radius 1 is 1.56 bits per heavy atom. The molecular formula is C10H14ClN3O2. The Morgan fingerprint density at radius 3 is 2.62 bits per heavy atom. The number of hydrogen-bond donors (Lipinski definition) is 0. The number of hydrogen-bond acceptors (Lipinski definition) is 3. The normalized spacial score (nSPS) is 10.2. The van der Waals surface area contributed by atoms with Crippen LogP contribution < -0.4 is 0 Å². The molecule has 88 valence electrons. The second-order valence-corrected chi connectivity index (χ2v) is 3.90. The van der Waals surface area contributed by atoms with E-state index in [0.29, 0.717) is 17.3 Å². The van der Waals surface area contributed by atoms with Gasteiger partial charge in [0.15, 0.2) is 0 Å². The molecule has 0 aromatic carbocycles. The van der Waals surface area contributed by atoms with Crippen LogP contribution in [0, 0.1) is 0 Å². The minimum atomic E-state index is -0.540. The SMILES string of the molecule is CCn1cc(Cl)c(CN(C)C(=O)C(C)=O)n1. The molecule has 0 atom stereocenters. The Morgan fingerprint density at radius 2 is 2.19 bits per heavy atom. The van der Waals surface area contributed by atoms with Crippen LogP contribution in [0.4, 0.5) is 0 Å². The second-order valence-electron chi connectivity index (χ2n) is 3.50. The number of carbonyl (C=O) groups excluding carboxylic acids is 2. The lowest BCUT2D eigenvalue weighted by molar-refractivity contribution is -0.143. The fourth-order valence-corrected chi connectivity index (χ4v) is 1.48. The van der Waals surface area contributed by atoms with Gasteiger partial charge in [-0.2, -0.15) is 5.10 Å². The summed E-state index contributed by atoms with van der Waals surface area (Å²) in [5.41, 5.74) is 0.598. The number of ketones is 1. The lowest BCUT2D eigenvalue weighted by Gasteiger charge is -2.13. The maximum absolute atomic E-state index is 11.3. The van der Waals surface area contributed by atoms with Crippen molar-refractivity contribution in [2.24, 2.45) is 0 Å². The van der Waals surface area contributed by atoms with Crippen LogP contribution in [0.15, 0.2) is 6.20 Å². The Hall–Kier alpha value is -1.36. The second kappa shape index (κ2) is 5.12. The number of Topliss-reactive ketones (excluding diaryl/α,β-unsaturated/α-hetero) is 1. The van der Waals surface area contributed by atoms with Crippen LogP contribution in [0.5, 0.6) is 0 Å². The van der Waals surface area contributed by atoms with E-state index < -0.39 is 11.7 Å². The number of rotatable bonds is 4. The van der Waals surface area contributed by atoms with Gasteiger partial charge in [0.05, 0.1) is 11.6 Å². The Bertz CT molecular complexity index is 414. The van der Waals surface area contributed by atoms with E-state index in [0.717, 1.165) is 0 Å². The van der Waals surface area contributed by atoms with Gasteiger partial charge >= 0.3 is 0 Å². The maximum atomic E-state index is 11.3. The van der Waals surface area contributed by atoms with Crippen LogP contribution in [0.3, 0.4) is 0 Å². The maximum Gasteiger partial charge on any atom is 0.289 e. The number of aryl methyl sites for hydroxylation is 1. The van der Waals surface area contributed by atoms with E-state index in [9.17, 15) is 9.59 Å². The van der Waals surface area contributed by atoms with Crippen molar-refractivity contribution in [3.8, 4) is 0 Å². The van der Waals surface area contributed by atoms with Crippen molar-refractivity contribution >= 4 is 23.3 Å². The molecule has 6 heteroatoms. The Kier molecular flexibility index (Phi) is 4.06. The van der Waals surface area contributed by atoms with Gasteiger partial charge in [0.1, 0.15) is 5.69 Å². The minimum Gasteiger partial charge on any atom is -0.333 e. The molecule has 0 aliphatic carbocycles. The quantitative estimate of drug-likeness (QED) is 0.745. The fraction of sp³-hybridized carbons (Fsp3) is 0.500. The van der Waals surface area contributed by atoms with Crippen LogP contribution in [0.2, 0.25) is 5.02 Å². The zero-order valence-electron chi connectivity index (χ0n) is 9.53. The molecule has 1 aromatic rings. The smallest absolute Gasteiger partial charge is 0.289 e. The number of aromatic nitrogens is 2. The molecule has 0 unspecified atom stereocenters. The molecule has 0 aliphatic rings. The first-order valence-corrected chi connectivity index (χ1v) is 5.31. The highest BCUT2D eigenvalue weighted by Crippen LogP contribution is 2.15. The fourth-order valence-electron chi connectivity index (χ4n) is 1.27. The van der Waals surface area contributed by atoms with E-state index in [4.69, 9.17) is 11.6 Å². The first kappa shape index (κ1) is 12.7. The van der Waals surface area contributed by atoms with E-state index in [-0.39, 0.29) is 6.54 Å². The third-order valence-corrected chi connectivity index (χ3v) is 2.46. The molecule has 0 spiro atoms. The zero-order valence-corrected chi connectivity index (χ0v) is 10.3. The molecule has 1 heterocycles. The Balaban J connectivity index is 2.76. The lowest BCUT2D eigenvalue weighted by Crippen LogP contribution is -2.31. The number of nitrogens with zero attached hydrogens (tertiary/aromatic N) is 3. The van der Waals surface area contributed by atoms with Gasteiger partial charge in [-0.1, -0.05) is 11.6 Å². The molecular weight excluding hydrogens is 230 g/mol. The van der Waals surface area contributed by atoms with Crippen molar-refractivity contribution in [3.63, 3.8) is 0 Å². The van der Waals surface area contributed by atoms with E-state index in [1.807, 2.05) is 6.92 Å². The van der Waals surface area contributed by atoms with Crippen molar-refractivity contribution in [2.45, 2.75) is 26.9 Å². The lowest BCUT2D eigenvalue weighted by atomic mass is 10.3. The molecule has 1 aromatic heterocycles. The van der Waals surface area contributed by atoms with Crippen molar-refractivity contribution in [1.82, 2.24) is 14.7 Å². The molecule has 0 fully saturated rings. The largest absolute Gasteiger partial charge is 0.333 e. The van der Waals surface area contributed by atoms with Crippen LogP contribution >= 0.6 is 11.6 Å². The summed E-state index contributed by atoms with van der Waals surface area (Å²) in [4.78, 5) is 23.5. The van der Waals surface area contributed by atoms with Crippen molar-refractivity contribution in [3.05, 3.63) is 16.9 Å². The van der Waals surface area contributed by atoms with Crippen LogP contribution in [-0.2, 0) is 22.7 Å². The first-order valence-electron chi connectivity index (χ1n) is 4.93. The van der Waals surface area contributed by atoms with Gasteiger partial charge in [0.2, 0.25) is 5.78 Å². The van der Waals surface area contributed by atoms with Crippen LogP contribution in [-0.4, -0.2) is 33.4 Å². The molecule has 0 aliphatic heterocycles. The summed E-state index contributed by atoms with van der Waals surface area (Å²) >= 11 is 5.95. The van der Waals surface area contributed by atoms with Crippen molar-refractivity contribution < 1.29 is 9.59 Å². The monoisotopic (exact) mass is 243 g/mol. The summed E-state index contributed by atoms with van der Waals surface area (Å²) in [7, 11) is 1.55. The average Bonchev–Trinajstić information content (AvgIpc) is 2.58. The van der Waals surface area contributed by atoms with E-state index >= 15 is 0 Å². The summed E-state index contributed by atoms with van der Waals surface area (Å²) in [6, 6.07) is 0. The molecule has 1 rings (SSSR count). The summed E-state index contributed by atoms with van der Waals surface area (Å²) in [6.07, 6.45) is 1.70. The summed E-state index contributed by atoms with van der Waals surface area (Å²) in [6.45, 7) is 4.14. The third-order valence-electron chi connectivity index (χ3n) is 2.15. The van der Waals surface area contributed by atoms with Gasteiger partial charge in [-0.15, -0.1) is 0 Å². The standard InChI is InChI=1S/C10H14ClN3O2/c1-4-14-5-8(11)9(12-14)6-13(3)10(16)7(2)15/h5H,4,6H2,1-3H3. The number of halogens is 1.